The van der Waals surface area contributed by atoms with Crippen LogP contribution in [-0.4, -0.2) is 49.5 Å². The van der Waals surface area contributed by atoms with Gasteiger partial charge in [-0.1, -0.05) is 12.7 Å². The predicted octanol–water partition coefficient (Wildman–Crippen LogP) is 4.52. The maximum Gasteiger partial charge on any atom is 0.245 e. The molecule has 2 N–H and O–H groups in total. The van der Waals surface area contributed by atoms with E-state index in [9.17, 15) is 4.79 Å². The number of rotatable bonds is 5. The molecule has 36 heavy (non-hydrogen) atoms. The monoisotopic (exact) mass is 484 g/mol. The van der Waals surface area contributed by atoms with Gasteiger partial charge in [0.25, 0.3) is 0 Å². The zero-order chi connectivity index (χ0) is 24.9. The van der Waals surface area contributed by atoms with Crippen LogP contribution in [0.5, 0.6) is 5.88 Å². The zero-order valence-electron chi connectivity index (χ0n) is 20.7. The van der Waals surface area contributed by atoms with Gasteiger partial charge < -0.3 is 19.9 Å². The van der Waals surface area contributed by atoms with Crippen LogP contribution in [0.3, 0.4) is 0 Å². The molecule has 3 aromatic heterocycles. The molecule has 8 nitrogen and oxygen atoms in total. The van der Waals surface area contributed by atoms with E-state index in [1.807, 2.05) is 17.2 Å². The van der Waals surface area contributed by atoms with E-state index in [2.05, 4.69) is 45.3 Å². The highest BCUT2D eigenvalue weighted by atomic mass is 16.5. The molecule has 1 spiro atoms. The van der Waals surface area contributed by atoms with Crippen LogP contribution in [0.1, 0.15) is 50.6 Å². The number of nitrogen functional groups attached to an aromatic ring is 1. The number of fused-ring (bicyclic) bond motifs is 1. The predicted molar refractivity (Wildman–Crippen MR) is 140 cm³/mol. The number of aryl methyl sites for hydroxylation is 1. The highest BCUT2D eigenvalue weighted by Crippen LogP contribution is 2.48. The van der Waals surface area contributed by atoms with Crippen molar-refractivity contribution in [3.63, 3.8) is 0 Å². The van der Waals surface area contributed by atoms with Crippen molar-refractivity contribution in [2.24, 2.45) is 12.5 Å². The van der Waals surface area contributed by atoms with Gasteiger partial charge in [0.05, 0.1) is 11.1 Å². The number of piperidine rings is 1. The number of ether oxygens (including phenoxy) is 1. The topological polar surface area (TPSA) is 99.2 Å². The summed E-state index contributed by atoms with van der Waals surface area (Å²) in [5.41, 5.74) is 11.9. The Bertz CT molecular complexity index is 1360. The fraction of sp³-hybridized carbons (Fsp3) is 0.429. The second-order valence-electron chi connectivity index (χ2n) is 10.4. The summed E-state index contributed by atoms with van der Waals surface area (Å²) >= 11 is 0. The van der Waals surface area contributed by atoms with Crippen LogP contribution in [0.2, 0.25) is 0 Å². The normalized spacial score (nSPS) is 19.4. The molecular weight excluding hydrogens is 452 g/mol. The van der Waals surface area contributed by atoms with Gasteiger partial charge in [0.15, 0.2) is 0 Å². The van der Waals surface area contributed by atoms with Crippen molar-refractivity contribution in [2.45, 2.75) is 51.0 Å². The summed E-state index contributed by atoms with van der Waals surface area (Å²) in [5.74, 6) is 1.17. The third-order valence-corrected chi connectivity index (χ3v) is 8.15. The quantitative estimate of drug-likeness (QED) is 0.535. The summed E-state index contributed by atoms with van der Waals surface area (Å²) in [7, 11) is 2.05. The molecule has 0 bridgehead atoms. The third-order valence-electron chi connectivity index (χ3n) is 8.15. The summed E-state index contributed by atoms with van der Waals surface area (Å²) in [6.07, 6.45) is 14.9. The first-order chi connectivity index (χ1) is 17.5. The van der Waals surface area contributed by atoms with Crippen molar-refractivity contribution in [3.05, 3.63) is 49.1 Å². The van der Waals surface area contributed by atoms with Crippen molar-refractivity contribution in [1.29, 1.82) is 0 Å². The molecule has 3 aliphatic rings. The van der Waals surface area contributed by atoms with Gasteiger partial charge in [-0.3, -0.25) is 4.79 Å². The molecule has 1 aliphatic heterocycles. The summed E-state index contributed by atoms with van der Waals surface area (Å²) in [6.45, 7) is 5.25. The van der Waals surface area contributed by atoms with Crippen molar-refractivity contribution in [1.82, 2.24) is 24.4 Å². The van der Waals surface area contributed by atoms with Gasteiger partial charge >= 0.3 is 0 Å². The lowest BCUT2D eigenvalue weighted by Crippen LogP contribution is -2.43. The van der Waals surface area contributed by atoms with Crippen LogP contribution in [0.15, 0.2) is 43.4 Å². The molecule has 0 radical (unpaired) electrons. The van der Waals surface area contributed by atoms with Crippen molar-refractivity contribution < 1.29 is 9.53 Å². The number of nitrogens with two attached hydrogens (primary N) is 1. The fourth-order valence-corrected chi connectivity index (χ4v) is 5.83. The van der Waals surface area contributed by atoms with Gasteiger partial charge in [0.2, 0.25) is 11.8 Å². The third kappa shape index (κ3) is 3.94. The largest absolute Gasteiger partial charge is 0.474 e. The highest BCUT2D eigenvalue weighted by molar-refractivity contribution is 6.05. The van der Waals surface area contributed by atoms with E-state index >= 15 is 0 Å². The molecule has 0 aromatic carbocycles. The second-order valence-corrected chi connectivity index (χ2v) is 10.4. The van der Waals surface area contributed by atoms with Crippen LogP contribution in [0.25, 0.3) is 27.7 Å². The first-order valence-electron chi connectivity index (χ1n) is 12.8. The number of pyridine rings is 1. The van der Waals surface area contributed by atoms with E-state index < -0.39 is 0 Å². The Labute approximate surface area is 210 Å². The average Bonchev–Trinajstić information content (AvgIpc) is 3.67. The summed E-state index contributed by atoms with van der Waals surface area (Å²) in [6, 6.07) is 4.01. The average molecular weight is 485 g/mol. The molecule has 0 unspecified atom stereocenters. The van der Waals surface area contributed by atoms with E-state index in [1.54, 1.807) is 0 Å². The number of anilines is 1. The van der Waals surface area contributed by atoms with E-state index in [0.29, 0.717) is 17.8 Å². The number of nitrogens with zero attached hydrogens (tertiary/aromatic N) is 5. The first kappa shape index (κ1) is 22.8. The fourth-order valence-electron chi connectivity index (χ4n) is 5.83. The molecule has 6 rings (SSSR count). The van der Waals surface area contributed by atoms with Gasteiger partial charge in [-0.05, 0) is 68.1 Å². The van der Waals surface area contributed by atoms with Gasteiger partial charge in [-0.2, -0.15) is 0 Å². The van der Waals surface area contributed by atoms with Crippen LogP contribution in [-0.2, 0) is 11.8 Å². The number of carbonyl (C=O) groups is 1. The number of amides is 1. The lowest BCUT2D eigenvalue weighted by atomic mass is 9.68. The second kappa shape index (κ2) is 8.76. The molecule has 186 valence electrons. The van der Waals surface area contributed by atoms with Gasteiger partial charge in [-0.15, -0.1) is 0 Å². The molecule has 1 amide bonds. The standard InChI is InChI=1S/C28H32N6O2/c1-3-22(35)34-14-12-28(13-15-34)10-8-18(9-11-28)25-23(24-26(29)31-17-32-27(24)33(25)2)19-4-7-21(30-16-19)36-20-5-6-20/h3-4,7-8,16-17,20H,1,5-6,9-15H2,2H3,(H2,29,31,32). The molecule has 3 aromatic rings. The molecule has 0 atom stereocenters. The van der Waals surface area contributed by atoms with E-state index in [4.69, 9.17) is 10.5 Å². The number of hydrogen-bond acceptors (Lipinski definition) is 6. The van der Waals surface area contributed by atoms with Crippen LogP contribution in [0, 0.1) is 5.41 Å². The van der Waals surface area contributed by atoms with Crippen LogP contribution < -0.4 is 10.5 Å². The molecule has 4 heterocycles. The number of carbonyl (C=O) groups excluding carboxylic acids is 1. The van der Waals surface area contributed by atoms with Crippen molar-refractivity contribution in [3.8, 4) is 17.0 Å². The van der Waals surface area contributed by atoms with Crippen LogP contribution in [0.4, 0.5) is 5.82 Å². The molecule has 8 heteroatoms. The van der Waals surface area contributed by atoms with Crippen LogP contribution >= 0.6 is 0 Å². The Kier molecular flexibility index (Phi) is 5.54. The summed E-state index contributed by atoms with van der Waals surface area (Å²) in [5, 5.41) is 0.866. The Balaban J connectivity index is 1.35. The van der Waals surface area contributed by atoms with E-state index in [1.165, 1.54) is 18.0 Å². The zero-order valence-corrected chi connectivity index (χ0v) is 20.7. The minimum absolute atomic E-state index is 0.0397. The molecule has 2 fully saturated rings. The lowest BCUT2D eigenvalue weighted by molar-refractivity contribution is -0.128. The lowest BCUT2D eigenvalue weighted by Gasteiger charge is -2.43. The number of hydrogen-bond donors (Lipinski definition) is 1. The van der Waals surface area contributed by atoms with Crippen molar-refractivity contribution >= 4 is 28.3 Å². The Hall–Kier alpha value is -3.68. The summed E-state index contributed by atoms with van der Waals surface area (Å²) in [4.78, 5) is 27.4. The number of allylic oxidation sites excluding steroid dienone is 2. The SMILES string of the molecule is C=CC(=O)N1CCC2(CC=C(c3c(-c4ccc(OC5CC5)nc4)c4c(N)ncnc4n3C)CC2)CC1. The van der Waals surface area contributed by atoms with Crippen molar-refractivity contribution in [2.75, 3.05) is 18.8 Å². The number of likely N-dealkylation sites (tertiary alicyclic amines) is 1. The molecule has 1 saturated carbocycles. The molecular formula is C28H32N6O2. The Morgan fingerprint density at radius 1 is 1.19 bits per heavy atom. The maximum absolute atomic E-state index is 12.0. The van der Waals surface area contributed by atoms with Gasteiger partial charge in [-0.25, -0.2) is 15.0 Å². The van der Waals surface area contributed by atoms with E-state index in [0.717, 1.165) is 85.9 Å². The minimum Gasteiger partial charge on any atom is -0.474 e. The smallest absolute Gasteiger partial charge is 0.245 e. The van der Waals surface area contributed by atoms with Gasteiger partial charge in [0.1, 0.15) is 23.9 Å². The van der Waals surface area contributed by atoms with E-state index in [-0.39, 0.29) is 11.3 Å². The maximum atomic E-state index is 12.0. The Morgan fingerprint density at radius 2 is 2.00 bits per heavy atom. The van der Waals surface area contributed by atoms with Gasteiger partial charge in [0, 0.05) is 43.5 Å². The highest BCUT2D eigenvalue weighted by Gasteiger charge is 2.37. The minimum atomic E-state index is 0.0397. The number of aromatic nitrogens is 4. The molecule has 1 saturated heterocycles. The Morgan fingerprint density at radius 3 is 2.64 bits per heavy atom. The molecule has 2 aliphatic carbocycles. The first-order valence-corrected chi connectivity index (χ1v) is 12.8. The summed E-state index contributed by atoms with van der Waals surface area (Å²) < 4.78 is 8.01.